The second-order valence-corrected chi connectivity index (χ2v) is 9.06. The number of phenols is 1. The van der Waals surface area contributed by atoms with E-state index in [9.17, 15) is 24.6 Å². The van der Waals surface area contributed by atoms with E-state index < -0.39 is 36.0 Å². The fraction of sp³-hybridized carbons (Fsp3) is 0.435. The van der Waals surface area contributed by atoms with Gasteiger partial charge in [0.1, 0.15) is 29.3 Å². The van der Waals surface area contributed by atoms with Crippen molar-refractivity contribution in [3.8, 4) is 16.9 Å². The molecule has 0 saturated heterocycles. The molecule has 1 aromatic carbocycles. The Hall–Kier alpha value is -3.53. The summed E-state index contributed by atoms with van der Waals surface area (Å²) in [6, 6.07) is 3.80. The average Bonchev–Trinajstić information content (AvgIpc) is 3.13. The lowest BCUT2D eigenvalue weighted by Gasteiger charge is -2.29. The van der Waals surface area contributed by atoms with Gasteiger partial charge in [0, 0.05) is 11.1 Å². The molecule has 0 aliphatic carbocycles. The van der Waals surface area contributed by atoms with Gasteiger partial charge in [-0.05, 0) is 59.7 Å². The maximum Gasteiger partial charge on any atom is 0.424 e. The van der Waals surface area contributed by atoms with Crippen molar-refractivity contribution in [2.45, 2.75) is 59.4 Å². The van der Waals surface area contributed by atoms with Gasteiger partial charge in [0.15, 0.2) is 0 Å². The number of methoxy groups -OCH3 is 1. The fourth-order valence-electron chi connectivity index (χ4n) is 2.92. The van der Waals surface area contributed by atoms with Crippen molar-refractivity contribution in [3.63, 3.8) is 0 Å². The molecule has 0 fully saturated rings. The Kier molecular flexibility index (Phi) is 7.43. The number of hydrogen-bond donors (Lipinski definition) is 2. The average molecular weight is 463 g/mol. The van der Waals surface area contributed by atoms with Crippen molar-refractivity contribution >= 4 is 23.8 Å². The molecular formula is C23H29NO9. The second kappa shape index (κ2) is 9.53. The van der Waals surface area contributed by atoms with Crippen molar-refractivity contribution in [2.24, 2.45) is 0 Å². The Bertz CT molecular complexity index is 1010. The van der Waals surface area contributed by atoms with Crippen LogP contribution in [0, 0.1) is 0 Å². The predicted molar refractivity (Wildman–Crippen MR) is 118 cm³/mol. The first kappa shape index (κ1) is 25.7. The van der Waals surface area contributed by atoms with Crippen LogP contribution in [0.1, 0.15) is 57.7 Å². The molecule has 0 aliphatic heterocycles. The molecule has 2 N–H and O–H groups in total. The maximum absolute atomic E-state index is 13.1. The quantitative estimate of drug-likeness (QED) is 0.492. The van der Waals surface area contributed by atoms with Crippen molar-refractivity contribution < 1.29 is 43.2 Å². The molecule has 1 aromatic heterocycles. The van der Waals surface area contributed by atoms with Crippen LogP contribution >= 0.6 is 0 Å². The third kappa shape index (κ3) is 6.04. The van der Waals surface area contributed by atoms with E-state index in [0.29, 0.717) is 4.90 Å². The lowest BCUT2D eigenvalue weighted by Crippen LogP contribution is -2.44. The molecule has 0 saturated carbocycles. The van der Waals surface area contributed by atoms with Crippen LogP contribution in [0.5, 0.6) is 5.75 Å². The number of aliphatic hydroxyl groups is 1. The Labute approximate surface area is 191 Å². The number of aliphatic hydroxyl groups excluding tert-OH is 1. The highest BCUT2D eigenvalue weighted by Crippen LogP contribution is 2.41. The van der Waals surface area contributed by atoms with Crippen LogP contribution in [0.2, 0.25) is 0 Å². The van der Waals surface area contributed by atoms with Crippen LogP contribution in [0.3, 0.4) is 0 Å². The summed E-state index contributed by atoms with van der Waals surface area (Å²) in [5.74, 6) is -1.28. The lowest BCUT2D eigenvalue weighted by atomic mass is 9.96. The summed E-state index contributed by atoms with van der Waals surface area (Å²) in [4.78, 5) is 39.6. The van der Waals surface area contributed by atoms with Crippen LogP contribution in [0.4, 0.5) is 15.3 Å². The number of amides is 2. The molecule has 10 heteroatoms. The lowest BCUT2D eigenvalue weighted by molar-refractivity contribution is 0.0430. The van der Waals surface area contributed by atoms with Gasteiger partial charge in [0.05, 0.1) is 24.6 Å². The van der Waals surface area contributed by atoms with Crippen LogP contribution in [-0.2, 0) is 20.8 Å². The minimum Gasteiger partial charge on any atom is -0.507 e. The Morgan fingerprint density at radius 1 is 0.970 bits per heavy atom. The zero-order chi connectivity index (χ0) is 25.1. The number of ether oxygens (including phenoxy) is 3. The first-order valence-corrected chi connectivity index (χ1v) is 10.1. The summed E-state index contributed by atoms with van der Waals surface area (Å²) >= 11 is 0. The van der Waals surface area contributed by atoms with Crippen LogP contribution in [0.15, 0.2) is 28.9 Å². The molecule has 0 bridgehead atoms. The standard InChI is InChI=1S/C23H29NO9/c1-22(2,3)32-20(28)24(21(29)33-23(4,5)6)14-8-9-15(26)17(18(14)19(27)30-7)13-10-11-31-16(13)12-25/h8-11,25-26H,12H2,1-7H3. The van der Waals surface area contributed by atoms with E-state index >= 15 is 0 Å². The maximum atomic E-state index is 13.1. The fourth-order valence-corrected chi connectivity index (χ4v) is 2.92. The van der Waals surface area contributed by atoms with Crippen LogP contribution < -0.4 is 4.90 Å². The van der Waals surface area contributed by atoms with E-state index in [2.05, 4.69) is 0 Å². The number of carbonyl (C=O) groups is 3. The minimum atomic E-state index is -1.10. The molecule has 2 rings (SSSR count). The van der Waals surface area contributed by atoms with Gasteiger partial charge in [-0.1, -0.05) is 0 Å². The number of phenolic OH excluding ortho intramolecular Hbond substituents is 1. The smallest absolute Gasteiger partial charge is 0.424 e. The molecule has 2 aromatic rings. The molecule has 0 unspecified atom stereocenters. The normalized spacial score (nSPS) is 11.6. The third-order valence-corrected chi connectivity index (χ3v) is 4.10. The number of carbonyl (C=O) groups excluding carboxylic acids is 3. The van der Waals surface area contributed by atoms with Crippen molar-refractivity contribution in [2.75, 3.05) is 12.0 Å². The zero-order valence-electron chi connectivity index (χ0n) is 19.7. The number of imide groups is 1. The number of aromatic hydroxyl groups is 1. The molecule has 33 heavy (non-hydrogen) atoms. The van der Waals surface area contributed by atoms with Crippen molar-refractivity contribution in [1.29, 1.82) is 0 Å². The van der Waals surface area contributed by atoms with E-state index in [1.807, 2.05) is 0 Å². The molecule has 180 valence electrons. The van der Waals surface area contributed by atoms with Gasteiger partial charge in [-0.2, -0.15) is 4.90 Å². The number of benzene rings is 1. The van der Waals surface area contributed by atoms with Gasteiger partial charge < -0.3 is 28.8 Å². The highest BCUT2D eigenvalue weighted by molar-refractivity contribution is 6.16. The molecule has 10 nitrogen and oxygen atoms in total. The molecule has 0 atom stereocenters. The van der Waals surface area contributed by atoms with Gasteiger partial charge in [0.2, 0.25) is 0 Å². The highest BCUT2D eigenvalue weighted by Gasteiger charge is 2.37. The van der Waals surface area contributed by atoms with E-state index in [4.69, 9.17) is 18.6 Å². The highest BCUT2D eigenvalue weighted by atomic mass is 16.6. The Balaban J connectivity index is 2.84. The largest absolute Gasteiger partial charge is 0.507 e. The number of nitrogens with zero attached hydrogens (tertiary/aromatic N) is 1. The summed E-state index contributed by atoms with van der Waals surface area (Å²) < 4.78 is 20.8. The van der Waals surface area contributed by atoms with Gasteiger partial charge in [-0.3, -0.25) is 0 Å². The van der Waals surface area contributed by atoms with Gasteiger partial charge >= 0.3 is 18.2 Å². The monoisotopic (exact) mass is 463 g/mol. The first-order chi connectivity index (χ1) is 15.2. The molecule has 2 amide bonds. The number of rotatable bonds is 4. The van der Waals surface area contributed by atoms with E-state index in [-0.39, 0.29) is 33.9 Å². The Morgan fingerprint density at radius 2 is 1.52 bits per heavy atom. The molecule has 0 aliphatic rings. The molecule has 0 radical (unpaired) electrons. The summed E-state index contributed by atoms with van der Waals surface area (Å²) in [6.45, 7) is 9.14. The minimum absolute atomic E-state index is 0.0497. The molecule has 1 heterocycles. The van der Waals surface area contributed by atoms with Gasteiger partial charge in [-0.25, -0.2) is 14.4 Å². The van der Waals surface area contributed by atoms with E-state index in [1.54, 1.807) is 41.5 Å². The third-order valence-electron chi connectivity index (χ3n) is 4.10. The summed E-state index contributed by atoms with van der Waals surface area (Å²) in [5, 5.41) is 20.2. The summed E-state index contributed by atoms with van der Waals surface area (Å²) in [5.41, 5.74) is -2.46. The summed E-state index contributed by atoms with van der Waals surface area (Å²) in [6.07, 6.45) is -0.950. The second-order valence-electron chi connectivity index (χ2n) is 9.06. The Morgan fingerprint density at radius 3 is 1.97 bits per heavy atom. The number of hydrogen-bond acceptors (Lipinski definition) is 9. The number of furan rings is 1. The van der Waals surface area contributed by atoms with E-state index in [1.165, 1.54) is 24.5 Å². The van der Waals surface area contributed by atoms with Crippen LogP contribution in [-0.4, -0.2) is 46.7 Å². The summed E-state index contributed by atoms with van der Waals surface area (Å²) in [7, 11) is 1.10. The van der Waals surface area contributed by atoms with Gasteiger partial charge in [0.25, 0.3) is 0 Å². The molecule has 0 spiro atoms. The zero-order valence-corrected chi connectivity index (χ0v) is 19.7. The van der Waals surface area contributed by atoms with Gasteiger partial charge in [-0.15, -0.1) is 0 Å². The SMILES string of the molecule is COC(=O)c1c(N(C(=O)OC(C)(C)C)C(=O)OC(C)(C)C)ccc(O)c1-c1ccoc1CO. The first-order valence-electron chi connectivity index (χ1n) is 10.1. The number of esters is 1. The van der Waals surface area contributed by atoms with Crippen molar-refractivity contribution in [3.05, 3.63) is 35.8 Å². The molecular weight excluding hydrogens is 434 g/mol. The number of anilines is 1. The topological polar surface area (TPSA) is 136 Å². The van der Waals surface area contributed by atoms with Crippen LogP contribution in [0.25, 0.3) is 11.1 Å². The predicted octanol–water partition coefficient (Wildman–Crippen LogP) is 4.61. The van der Waals surface area contributed by atoms with E-state index in [0.717, 1.165) is 7.11 Å². The van der Waals surface area contributed by atoms with Crippen molar-refractivity contribution in [1.82, 2.24) is 0 Å².